The first kappa shape index (κ1) is 11.6. The smallest absolute Gasteiger partial charge is 0.407 e. The summed E-state index contributed by atoms with van der Waals surface area (Å²) in [6.45, 7) is 0.262. The van der Waals surface area contributed by atoms with E-state index in [1.165, 1.54) is 12.1 Å². The fourth-order valence-electron chi connectivity index (χ4n) is 2.14. The first-order valence-corrected chi connectivity index (χ1v) is 5.66. The summed E-state index contributed by atoms with van der Waals surface area (Å²) in [5, 5.41) is 13.7. The normalized spacial score (nSPS) is 20.6. The Balaban J connectivity index is 2.03. The lowest BCUT2D eigenvalue weighted by Gasteiger charge is -2.23. The predicted molar refractivity (Wildman–Crippen MR) is 61.1 cm³/mol. The number of hydrogen-bond donors (Lipinski definition) is 1. The monoisotopic (exact) mass is 266 g/mol. The molecule has 1 aromatic rings. The Morgan fingerprint density at radius 3 is 2.68 bits per heavy atom. The number of nitrogens with zero attached hydrogens (tertiary/aromatic N) is 1. The topological polar surface area (TPSA) is 99.9 Å². The summed E-state index contributed by atoms with van der Waals surface area (Å²) in [4.78, 5) is 21.8. The lowest BCUT2D eigenvalue weighted by atomic mass is 10.0. The molecule has 0 bridgehead atoms. The highest BCUT2D eigenvalue weighted by Crippen LogP contribution is 2.41. The molecule has 100 valence electrons. The van der Waals surface area contributed by atoms with Crippen molar-refractivity contribution in [3.05, 3.63) is 27.8 Å². The van der Waals surface area contributed by atoms with Crippen LogP contribution in [0.3, 0.4) is 0 Å². The van der Waals surface area contributed by atoms with Crippen LogP contribution in [0.5, 0.6) is 11.5 Å². The van der Waals surface area contributed by atoms with Crippen molar-refractivity contribution in [2.45, 2.75) is 12.5 Å². The second-order valence-corrected chi connectivity index (χ2v) is 4.14. The molecule has 0 saturated carbocycles. The third-order valence-electron chi connectivity index (χ3n) is 3.03. The summed E-state index contributed by atoms with van der Waals surface area (Å²) in [5.74, 6) is 0.787. The zero-order valence-electron chi connectivity index (χ0n) is 9.75. The Morgan fingerprint density at radius 2 is 2.00 bits per heavy atom. The number of alkyl carbamates (subject to hydrolysis) is 1. The summed E-state index contributed by atoms with van der Waals surface area (Å²) in [5.41, 5.74) is 0.294. The van der Waals surface area contributed by atoms with Gasteiger partial charge in [0.15, 0.2) is 11.5 Å². The van der Waals surface area contributed by atoms with Crippen molar-refractivity contribution in [3.8, 4) is 11.5 Å². The van der Waals surface area contributed by atoms with Crippen molar-refractivity contribution < 1.29 is 23.9 Å². The molecular weight excluding hydrogens is 256 g/mol. The van der Waals surface area contributed by atoms with Gasteiger partial charge < -0.3 is 19.5 Å². The molecule has 1 aromatic carbocycles. The Morgan fingerprint density at radius 1 is 1.26 bits per heavy atom. The summed E-state index contributed by atoms with van der Waals surface area (Å²) < 4.78 is 15.1. The number of nitrogens with one attached hydrogen (secondary N) is 1. The Kier molecular flexibility index (Phi) is 2.62. The van der Waals surface area contributed by atoms with Crippen LogP contribution in [0, 0.1) is 10.1 Å². The van der Waals surface area contributed by atoms with Gasteiger partial charge >= 0.3 is 6.09 Å². The van der Waals surface area contributed by atoms with Gasteiger partial charge in [-0.1, -0.05) is 0 Å². The van der Waals surface area contributed by atoms with Crippen molar-refractivity contribution in [2.75, 3.05) is 13.4 Å². The van der Waals surface area contributed by atoms with Gasteiger partial charge in [0.05, 0.1) is 29.2 Å². The molecule has 2 heterocycles. The molecule has 8 nitrogen and oxygen atoms in total. The molecule has 8 heteroatoms. The fraction of sp³-hybridized carbons (Fsp3) is 0.364. The number of hydrogen-bond acceptors (Lipinski definition) is 6. The van der Waals surface area contributed by atoms with Gasteiger partial charge in [-0.3, -0.25) is 10.1 Å². The third-order valence-corrected chi connectivity index (χ3v) is 3.03. The Bertz CT molecular complexity index is 558. The van der Waals surface area contributed by atoms with Gasteiger partial charge in [0, 0.05) is 6.42 Å². The van der Waals surface area contributed by atoms with E-state index in [2.05, 4.69) is 5.32 Å². The number of benzene rings is 1. The zero-order valence-corrected chi connectivity index (χ0v) is 9.75. The maximum absolute atomic E-state index is 11.2. The summed E-state index contributed by atoms with van der Waals surface area (Å²) in [6, 6.07) is 2.40. The van der Waals surface area contributed by atoms with Crippen molar-refractivity contribution in [1.82, 2.24) is 5.32 Å². The average molecular weight is 266 g/mol. The average Bonchev–Trinajstić information content (AvgIpc) is 2.84. The summed E-state index contributed by atoms with van der Waals surface area (Å²) in [7, 11) is 0. The highest BCUT2D eigenvalue weighted by Gasteiger charge is 2.31. The SMILES string of the molecule is O=C1N[C@H](c2cc3c(cc2[N+](=O)[O-])OCO3)CCO1. The number of nitro benzene ring substituents is 1. The first-order valence-electron chi connectivity index (χ1n) is 5.66. The fourth-order valence-corrected chi connectivity index (χ4v) is 2.14. The number of cyclic esters (lactones) is 1. The molecule has 1 amide bonds. The van der Waals surface area contributed by atoms with E-state index in [-0.39, 0.29) is 19.1 Å². The lowest BCUT2D eigenvalue weighted by Crippen LogP contribution is -2.35. The molecule has 0 radical (unpaired) electrons. The molecule has 0 aliphatic carbocycles. The molecule has 19 heavy (non-hydrogen) atoms. The summed E-state index contributed by atoms with van der Waals surface area (Å²) >= 11 is 0. The van der Waals surface area contributed by atoms with Gasteiger partial charge in [-0.25, -0.2) is 4.79 Å². The number of carbonyl (C=O) groups is 1. The highest BCUT2D eigenvalue weighted by atomic mass is 16.7. The largest absolute Gasteiger partial charge is 0.454 e. The van der Waals surface area contributed by atoms with Gasteiger partial charge in [-0.2, -0.15) is 0 Å². The number of ether oxygens (including phenoxy) is 3. The molecule has 2 aliphatic heterocycles. The summed E-state index contributed by atoms with van der Waals surface area (Å²) in [6.07, 6.45) is -0.116. The first-order chi connectivity index (χ1) is 9.15. The van der Waals surface area contributed by atoms with Crippen LogP contribution in [-0.2, 0) is 4.74 Å². The highest BCUT2D eigenvalue weighted by molar-refractivity contribution is 5.69. The zero-order chi connectivity index (χ0) is 13.4. The van der Waals surface area contributed by atoms with Crippen molar-refractivity contribution in [1.29, 1.82) is 0 Å². The van der Waals surface area contributed by atoms with Crippen molar-refractivity contribution in [3.63, 3.8) is 0 Å². The van der Waals surface area contributed by atoms with Gasteiger partial charge in [-0.05, 0) is 6.07 Å². The van der Waals surface area contributed by atoms with Crippen LogP contribution >= 0.6 is 0 Å². The minimum atomic E-state index is -0.580. The molecule has 1 N–H and O–H groups in total. The molecule has 3 rings (SSSR count). The maximum Gasteiger partial charge on any atom is 0.407 e. The Hall–Kier alpha value is -2.51. The van der Waals surface area contributed by atoms with E-state index in [9.17, 15) is 14.9 Å². The van der Waals surface area contributed by atoms with Crippen LogP contribution in [0.4, 0.5) is 10.5 Å². The maximum atomic E-state index is 11.2. The van der Waals surface area contributed by atoms with E-state index in [1.54, 1.807) is 0 Å². The van der Waals surface area contributed by atoms with E-state index in [0.717, 1.165) is 0 Å². The minimum absolute atomic E-state index is 0.0378. The molecule has 1 atom stereocenters. The number of nitro groups is 1. The molecular formula is C11H10N2O6. The van der Waals surface area contributed by atoms with Crippen LogP contribution in [-0.4, -0.2) is 24.4 Å². The minimum Gasteiger partial charge on any atom is -0.454 e. The van der Waals surface area contributed by atoms with Crippen molar-refractivity contribution in [2.24, 2.45) is 0 Å². The standard InChI is InChI=1S/C11H10N2O6/c14-11-12-7(1-2-17-11)6-3-9-10(19-5-18-9)4-8(6)13(15)16/h3-4,7H,1-2,5H2,(H,12,14)/t7-/m0/s1. The molecule has 1 saturated heterocycles. The second-order valence-electron chi connectivity index (χ2n) is 4.14. The predicted octanol–water partition coefficient (Wildman–Crippen LogP) is 1.49. The Labute approximate surface area is 107 Å². The number of fused-ring (bicyclic) bond motifs is 1. The number of carbonyl (C=O) groups excluding carboxylic acids is 1. The van der Waals surface area contributed by atoms with Crippen molar-refractivity contribution >= 4 is 11.8 Å². The second kappa shape index (κ2) is 4.30. The third kappa shape index (κ3) is 2.01. The van der Waals surface area contributed by atoms with E-state index < -0.39 is 17.1 Å². The lowest BCUT2D eigenvalue weighted by molar-refractivity contribution is -0.385. The van der Waals surface area contributed by atoms with E-state index in [1.807, 2.05) is 0 Å². The van der Waals surface area contributed by atoms with Gasteiger partial charge in [0.25, 0.3) is 5.69 Å². The molecule has 2 aliphatic rings. The number of amides is 1. The quantitative estimate of drug-likeness (QED) is 0.643. The van der Waals surface area contributed by atoms with Gasteiger partial charge in [0.2, 0.25) is 6.79 Å². The molecule has 1 fully saturated rings. The van der Waals surface area contributed by atoms with Gasteiger partial charge in [0.1, 0.15) is 0 Å². The van der Waals surface area contributed by atoms with Crippen LogP contribution in [0.1, 0.15) is 18.0 Å². The molecule has 0 aromatic heterocycles. The van der Waals surface area contributed by atoms with E-state index in [4.69, 9.17) is 14.2 Å². The van der Waals surface area contributed by atoms with Crippen LogP contribution < -0.4 is 14.8 Å². The van der Waals surface area contributed by atoms with E-state index >= 15 is 0 Å². The number of rotatable bonds is 2. The van der Waals surface area contributed by atoms with Gasteiger partial charge in [-0.15, -0.1) is 0 Å². The van der Waals surface area contributed by atoms with Crippen LogP contribution in [0.2, 0.25) is 0 Å². The molecule has 0 spiro atoms. The molecule has 0 unspecified atom stereocenters. The van der Waals surface area contributed by atoms with E-state index in [0.29, 0.717) is 23.5 Å². The van der Waals surface area contributed by atoms with Crippen LogP contribution in [0.15, 0.2) is 12.1 Å². The van der Waals surface area contributed by atoms with Crippen LogP contribution in [0.25, 0.3) is 0 Å².